The third-order valence-electron chi connectivity index (χ3n) is 3.36. The molecule has 106 valence electrons. The van der Waals surface area contributed by atoms with Crippen molar-refractivity contribution in [2.45, 2.75) is 12.8 Å². The number of nitrogens with zero attached hydrogens (tertiary/aromatic N) is 1. The van der Waals surface area contributed by atoms with Crippen LogP contribution in [0, 0.1) is 5.92 Å². The molecule has 7 heteroatoms. The molecule has 1 aromatic carbocycles. The van der Waals surface area contributed by atoms with Gasteiger partial charge in [0.2, 0.25) is 0 Å². The maximum atomic E-state index is 12.2. The Hall–Kier alpha value is -0.820. The van der Waals surface area contributed by atoms with Gasteiger partial charge in [0, 0.05) is 13.1 Å². The standard InChI is InChI=1S/C12H18ClN3O2S/c13-11-3-1-2-4-12(11)15-19(17,18)16-7-5-10(9-14)6-8-16/h1-4,10,15H,5-9,14H2. The van der Waals surface area contributed by atoms with Crippen LogP contribution >= 0.6 is 11.6 Å². The Labute approximate surface area is 118 Å². The van der Waals surface area contributed by atoms with Gasteiger partial charge in [-0.25, -0.2) is 0 Å². The number of para-hydroxylation sites is 1. The van der Waals surface area contributed by atoms with E-state index in [0.29, 0.717) is 36.3 Å². The van der Waals surface area contributed by atoms with E-state index < -0.39 is 10.2 Å². The lowest BCUT2D eigenvalue weighted by molar-refractivity contribution is 0.280. The van der Waals surface area contributed by atoms with Crippen molar-refractivity contribution in [3.8, 4) is 0 Å². The third kappa shape index (κ3) is 3.60. The van der Waals surface area contributed by atoms with E-state index in [-0.39, 0.29) is 0 Å². The SMILES string of the molecule is NCC1CCN(S(=O)(=O)Nc2ccccc2Cl)CC1. The van der Waals surface area contributed by atoms with Crippen molar-refractivity contribution < 1.29 is 8.42 Å². The van der Waals surface area contributed by atoms with Gasteiger partial charge >= 0.3 is 10.2 Å². The van der Waals surface area contributed by atoms with Crippen LogP contribution in [-0.4, -0.2) is 32.4 Å². The molecule has 0 unspecified atom stereocenters. The minimum Gasteiger partial charge on any atom is -0.330 e. The zero-order valence-electron chi connectivity index (χ0n) is 10.5. The predicted octanol–water partition coefficient (Wildman–Crippen LogP) is 1.67. The number of nitrogens with one attached hydrogen (secondary N) is 1. The van der Waals surface area contributed by atoms with Crippen LogP contribution in [0.1, 0.15) is 12.8 Å². The van der Waals surface area contributed by atoms with Crippen LogP contribution in [0.3, 0.4) is 0 Å². The third-order valence-corrected chi connectivity index (χ3v) is 5.21. The molecule has 5 nitrogen and oxygen atoms in total. The average Bonchev–Trinajstić information content (AvgIpc) is 2.41. The van der Waals surface area contributed by atoms with Crippen LogP contribution in [0.5, 0.6) is 0 Å². The minimum atomic E-state index is -3.53. The number of piperidine rings is 1. The van der Waals surface area contributed by atoms with E-state index in [4.69, 9.17) is 17.3 Å². The highest BCUT2D eigenvalue weighted by Crippen LogP contribution is 2.24. The first kappa shape index (κ1) is 14.6. The second-order valence-electron chi connectivity index (χ2n) is 4.67. The van der Waals surface area contributed by atoms with Gasteiger partial charge in [0.15, 0.2) is 0 Å². The van der Waals surface area contributed by atoms with Gasteiger partial charge in [-0.3, -0.25) is 4.72 Å². The fourth-order valence-corrected chi connectivity index (χ4v) is 3.65. The molecule has 0 amide bonds. The summed E-state index contributed by atoms with van der Waals surface area (Å²) in [5.74, 6) is 0.423. The van der Waals surface area contributed by atoms with Crippen LogP contribution in [-0.2, 0) is 10.2 Å². The molecule has 1 saturated heterocycles. The summed E-state index contributed by atoms with van der Waals surface area (Å²) in [6.45, 7) is 1.62. The van der Waals surface area contributed by atoms with Gasteiger partial charge < -0.3 is 5.73 Å². The Balaban J connectivity index is 2.05. The Bertz CT molecular complexity index is 528. The lowest BCUT2D eigenvalue weighted by Crippen LogP contribution is -2.42. The molecule has 1 aliphatic rings. The fraction of sp³-hybridized carbons (Fsp3) is 0.500. The summed E-state index contributed by atoms with van der Waals surface area (Å²) < 4.78 is 28.4. The first-order valence-electron chi connectivity index (χ1n) is 6.25. The summed E-state index contributed by atoms with van der Waals surface area (Å²) in [6.07, 6.45) is 1.61. The average molecular weight is 304 g/mol. The predicted molar refractivity (Wildman–Crippen MR) is 77.3 cm³/mol. The maximum Gasteiger partial charge on any atom is 0.301 e. The second kappa shape index (κ2) is 6.09. The van der Waals surface area contributed by atoms with Crippen molar-refractivity contribution in [3.63, 3.8) is 0 Å². The molecule has 0 aromatic heterocycles. The minimum absolute atomic E-state index is 0.392. The summed E-state index contributed by atoms with van der Waals surface area (Å²) in [6, 6.07) is 6.80. The molecular formula is C12H18ClN3O2S. The van der Waals surface area contributed by atoms with Crippen molar-refractivity contribution in [1.29, 1.82) is 0 Å². The molecule has 3 N–H and O–H groups in total. The van der Waals surface area contributed by atoms with Gasteiger partial charge in [-0.2, -0.15) is 12.7 Å². The Morgan fingerprint density at radius 3 is 2.53 bits per heavy atom. The molecule has 1 heterocycles. The first-order chi connectivity index (χ1) is 9.03. The van der Waals surface area contributed by atoms with Crippen molar-refractivity contribution >= 4 is 27.5 Å². The maximum absolute atomic E-state index is 12.2. The molecule has 1 aliphatic heterocycles. The quantitative estimate of drug-likeness (QED) is 0.888. The first-order valence-corrected chi connectivity index (χ1v) is 8.07. The number of halogens is 1. The summed E-state index contributed by atoms with van der Waals surface area (Å²) in [4.78, 5) is 0. The topological polar surface area (TPSA) is 75.4 Å². The number of anilines is 1. The van der Waals surface area contributed by atoms with Gasteiger partial charge in [0.25, 0.3) is 0 Å². The Kier molecular flexibility index (Phi) is 4.67. The molecule has 0 bridgehead atoms. The monoisotopic (exact) mass is 303 g/mol. The normalized spacial score (nSPS) is 18.4. The molecule has 2 rings (SSSR count). The molecule has 19 heavy (non-hydrogen) atoms. The van der Waals surface area contributed by atoms with Crippen LogP contribution in [0.2, 0.25) is 5.02 Å². The van der Waals surface area contributed by atoms with Crippen LogP contribution in [0.25, 0.3) is 0 Å². The molecule has 0 spiro atoms. The number of nitrogens with two attached hydrogens (primary N) is 1. The van der Waals surface area contributed by atoms with Crippen LogP contribution < -0.4 is 10.5 Å². The molecule has 0 saturated carbocycles. The smallest absolute Gasteiger partial charge is 0.301 e. The van der Waals surface area contributed by atoms with Crippen LogP contribution in [0.4, 0.5) is 5.69 Å². The molecular weight excluding hydrogens is 286 g/mol. The number of hydrogen-bond donors (Lipinski definition) is 2. The zero-order chi connectivity index (χ0) is 13.9. The van der Waals surface area contributed by atoms with Gasteiger partial charge in [-0.1, -0.05) is 23.7 Å². The van der Waals surface area contributed by atoms with E-state index in [9.17, 15) is 8.42 Å². The molecule has 1 fully saturated rings. The molecule has 0 atom stereocenters. The summed E-state index contributed by atoms with van der Waals surface area (Å²) in [7, 11) is -3.53. The summed E-state index contributed by atoms with van der Waals surface area (Å²) in [5, 5.41) is 0.392. The molecule has 0 aliphatic carbocycles. The van der Waals surface area contributed by atoms with Gasteiger partial charge in [-0.05, 0) is 37.4 Å². The van der Waals surface area contributed by atoms with Crippen LogP contribution in [0.15, 0.2) is 24.3 Å². The van der Waals surface area contributed by atoms with E-state index >= 15 is 0 Å². The summed E-state index contributed by atoms with van der Waals surface area (Å²) in [5.41, 5.74) is 6.01. The van der Waals surface area contributed by atoms with Crippen molar-refractivity contribution in [1.82, 2.24) is 4.31 Å². The van der Waals surface area contributed by atoms with Gasteiger partial charge in [-0.15, -0.1) is 0 Å². The van der Waals surface area contributed by atoms with E-state index in [1.807, 2.05) is 0 Å². The molecule has 0 radical (unpaired) electrons. The lowest BCUT2D eigenvalue weighted by atomic mass is 9.99. The van der Waals surface area contributed by atoms with Gasteiger partial charge in [0.05, 0.1) is 10.7 Å². The Morgan fingerprint density at radius 1 is 1.32 bits per heavy atom. The van der Waals surface area contributed by atoms with Crippen molar-refractivity contribution in [3.05, 3.63) is 29.3 Å². The van der Waals surface area contributed by atoms with Crippen molar-refractivity contribution in [2.24, 2.45) is 11.7 Å². The lowest BCUT2D eigenvalue weighted by Gasteiger charge is -2.30. The fourth-order valence-electron chi connectivity index (χ4n) is 2.13. The van der Waals surface area contributed by atoms with E-state index in [2.05, 4.69) is 4.72 Å². The number of rotatable bonds is 4. The number of hydrogen-bond acceptors (Lipinski definition) is 3. The largest absolute Gasteiger partial charge is 0.330 e. The highest BCUT2D eigenvalue weighted by molar-refractivity contribution is 7.90. The van der Waals surface area contributed by atoms with E-state index in [0.717, 1.165) is 12.8 Å². The van der Waals surface area contributed by atoms with Gasteiger partial charge in [0.1, 0.15) is 0 Å². The number of benzene rings is 1. The van der Waals surface area contributed by atoms with E-state index in [1.165, 1.54) is 4.31 Å². The molecule has 1 aromatic rings. The highest BCUT2D eigenvalue weighted by Gasteiger charge is 2.27. The Morgan fingerprint density at radius 2 is 1.95 bits per heavy atom. The zero-order valence-corrected chi connectivity index (χ0v) is 12.1. The van der Waals surface area contributed by atoms with E-state index in [1.54, 1.807) is 24.3 Å². The summed E-state index contributed by atoms with van der Waals surface area (Å²) >= 11 is 5.95. The highest BCUT2D eigenvalue weighted by atomic mass is 35.5. The second-order valence-corrected chi connectivity index (χ2v) is 6.74. The van der Waals surface area contributed by atoms with Crippen molar-refractivity contribution in [2.75, 3.05) is 24.4 Å².